The van der Waals surface area contributed by atoms with Gasteiger partial charge in [-0.3, -0.25) is 4.79 Å². The van der Waals surface area contributed by atoms with E-state index in [1.54, 1.807) is 0 Å². The van der Waals surface area contributed by atoms with Gasteiger partial charge in [0.05, 0.1) is 6.42 Å². The summed E-state index contributed by atoms with van der Waals surface area (Å²) < 4.78 is 0. The molecule has 0 radical (unpaired) electrons. The number of amides is 1. The highest BCUT2D eigenvalue weighted by Crippen LogP contribution is 2.13. The maximum atomic E-state index is 11.9. The summed E-state index contributed by atoms with van der Waals surface area (Å²) in [5.74, 6) is -0.123. The number of carbonyl (C=O) groups is 1. The number of carbonyl (C=O) groups excluding carboxylic acids is 1. The molecule has 2 N–H and O–H groups in total. The van der Waals surface area contributed by atoms with E-state index < -0.39 is 0 Å². The summed E-state index contributed by atoms with van der Waals surface area (Å²) in [6, 6.07) is 15.5. The van der Waals surface area contributed by atoms with E-state index in [0.717, 1.165) is 11.3 Å². The Kier molecular flexibility index (Phi) is 5.06. The SMILES string of the molecule is Cc1ccc(NC(=S)NC(=O)Cc2ccccc2)cc1C. The first kappa shape index (κ1) is 15.2. The van der Waals surface area contributed by atoms with Crippen LogP contribution < -0.4 is 10.6 Å². The molecule has 2 rings (SSSR count). The molecular formula is C17H18N2OS. The topological polar surface area (TPSA) is 41.1 Å². The normalized spacial score (nSPS) is 10.0. The van der Waals surface area contributed by atoms with Gasteiger partial charge in [-0.25, -0.2) is 0 Å². The van der Waals surface area contributed by atoms with Gasteiger partial charge in [0.15, 0.2) is 5.11 Å². The summed E-state index contributed by atoms with van der Waals surface area (Å²) in [4.78, 5) is 11.9. The second-order valence-electron chi connectivity index (χ2n) is 4.96. The smallest absolute Gasteiger partial charge is 0.230 e. The number of rotatable bonds is 3. The Labute approximate surface area is 130 Å². The van der Waals surface area contributed by atoms with Crippen LogP contribution in [0.15, 0.2) is 48.5 Å². The van der Waals surface area contributed by atoms with Crippen molar-refractivity contribution in [3.63, 3.8) is 0 Å². The predicted octanol–water partition coefficient (Wildman–Crippen LogP) is 3.36. The summed E-state index contributed by atoms with van der Waals surface area (Å²) in [6.45, 7) is 4.09. The molecule has 0 aliphatic rings. The Morgan fingerprint density at radius 3 is 2.43 bits per heavy atom. The minimum atomic E-state index is -0.123. The standard InChI is InChI=1S/C17H18N2OS/c1-12-8-9-15(10-13(12)2)18-17(21)19-16(20)11-14-6-4-3-5-7-14/h3-10H,11H2,1-2H3,(H2,18,19,20,21). The summed E-state index contributed by atoms with van der Waals surface area (Å²) in [7, 11) is 0. The molecule has 4 heteroatoms. The minimum absolute atomic E-state index is 0.123. The molecule has 0 aliphatic carbocycles. The molecule has 108 valence electrons. The first-order valence-corrected chi connectivity index (χ1v) is 7.17. The summed E-state index contributed by atoms with van der Waals surface area (Å²) >= 11 is 5.16. The van der Waals surface area contributed by atoms with Crippen LogP contribution in [0.1, 0.15) is 16.7 Å². The van der Waals surface area contributed by atoms with Crippen LogP contribution in [0.5, 0.6) is 0 Å². The molecule has 0 bridgehead atoms. The Hall–Kier alpha value is -2.20. The maximum Gasteiger partial charge on any atom is 0.230 e. The second kappa shape index (κ2) is 6.99. The molecule has 2 aromatic carbocycles. The number of benzene rings is 2. The molecule has 0 atom stereocenters. The van der Waals surface area contributed by atoms with Crippen molar-refractivity contribution in [2.24, 2.45) is 0 Å². The van der Waals surface area contributed by atoms with Gasteiger partial charge in [-0.05, 0) is 54.9 Å². The van der Waals surface area contributed by atoms with Crippen molar-refractivity contribution in [1.82, 2.24) is 5.32 Å². The van der Waals surface area contributed by atoms with Gasteiger partial charge in [-0.1, -0.05) is 36.4 Å². The zero-order valence-corrected chi connectivity index (χ0v) is 13.0. The van der Waals surface area contributed by atoms with Gasteiger partial charge in [0.1, 0.15) is 0 Å². The largest absolute Gasteiger partial charge is 0.332 e. The lowest BCUT2D eigenvalue weighted by atomic mass is 10.1. The average molecular weight is 298 g/mol. The fourth-order valence-corrected chi connectivity index (χ4v) is 2.17. The van der Waals surface area contributed by atoms with E-state index in [-0.39, 0.29) is 5.91 Å². The minimum Gasteiger partial charge on any atom is -0.332 e. The van der Waals surface area contributed by atoms with Gasteiger partial charge in [-0.2, -0.15) is 0 Å². The van der Waals surface area contributed by atoms with Gasteiger partial charge in [-0.15, -0.1) is 0 Å². The van der Waals surface area contributed by atoms with E-state index in [0.29, 0.717) is 11.5 Å². The Morgan fingerprint density at radius 2 is 1.76 bits per heavy atom. The van der Waals surface area contributed by atoms with Crippen LogP contribution in [0.3, 0.4) is 0 Å². The first-order chi connectivity index (χ1) is 10.0. The number of hydrogen-bond acceptors (Lipinski definition) is 2. The Bertz CT molecular complexity index is 653. The van der Waals surface area contributed by atoms with Gasteiger partial charge < -0.3 is 10.6 Å². The van der Waals surface area contributed by atoms with E-state index in [1.807, 2.05) is 55.5 Å². The lowest BCUT2D eigenvalue weighted by Crippen LogP contribution is -2.35. The third-order valence-electron chi connectivity index (χ3n) is 3.23. The summed E-state index contributed by atoms with van der Waals surface area (Å²) in [5, 5.41) is 6.04. The molecule has 0 saturated carbocycles. The molecule has 0 fully saturated rings. The van der Waals surface area contributed by atoms with Crippen molar-refractivity contribution in [3.05, 3.63) is 65.2 Å². The van der Waals surface area contributed by atoms with Crippen molar-refractivity contribution in [1.29, 1.82) is 0 Å². The lowest BCUT2D eigenvalue weighted by molar-refractivity contribution is -0.119. The number of aryl methyl sites for hydroxylation is 2. The molecule has 0 unspecified atom stereocenters. The monoisotopic (exact) mass is 298 g/mol. The molecule has 21 heavy (non-hydrogen) atoms. The van der Waals surface area contributed by atoms with Crippen molar-refractivity contribution in [2.45, 2.75) is 20.3 Å². The van der Waals surface area contributed by atoms with Crippen LogP contribution in [-0.4, -0.2) is 11.0 Å². The third-order valence-corrected chi connectivity index (χ3v) is 3.43. The Balaban J connectivity index is 1.89. The van der Waals surface area contributed by atoms with E-state index in [2.05, 4.69) is 17.6 Å². The Morgan fingerprint density at radius 1 is 1.05 bits per heavy atom. The summed E-state index contributed by atoms with van der Waals surface area (Å²) in [5.41, 5.74) is 4.24. The first-order valence-electron chi connectivity index (χ1n) is 6.76. The average Bonchev–Trinajstić information content (AvgIpc) is 2.43. The molecule has 0 aliphatic heterocycles. The second-order valence-corrected chi connectivity index (χ2v) is 5.37. The highest BCUT2D eigenvalue weighted by molar-refractivity contribution is 7.80. The van der Waals surface area contributed by atoms with E-state index in [9.17, 15) is 4.79 Å². The third kappa shape index (κ3) is 4.68. The fourth-order valence-electron chi connectivity index (χ4n) is 1.93. The molecule has 0 heterocycles. The van der Waals surface area contributed by atoms with Gasteiger partial charge in [0.25, 0.3) is 0 Å². The van der Waals surface area contributed by atoms with E-state index in [1.165, 1.54) is 11.1 Å². The van der Waals surface area contributed by atoms with Crippen molar-refractivity contribution in [3.8, 4) is 0 Å². The van der Waals surface area contributed by atoms with Crippen LogP contribution in [0.2, 0.25) is 0 Å². The van der Waals surface area contributed by atoms with E-state index >= 15 is 0 Å². The number of nitrogens with one attached hydrogen (secondary N) is 2. The number of anilines is 1. The number of hydrogen-bond donors (Lipinski definition) is 2. The maximum absolute atomic E-state index is 11.9. The molecule has 2 aromatic rings. The van der Waals surface area contributed by atoms with Crippen molar-refractivity contribution < 1.29 is 4.79 Å². The van der Waals surface area contributed by atoms with Crippen molar-refractivity contribution >= 4 is 28.9 Å². The highest BCUT2D eigenvalue weighted by Gasteiger charge is 2.06. The molecule has 1 amide bonds. The van der Waals surface area contributed by atoms with Crippen LogP contribution >= 0.6 is 12.2 Å². The molecule has 3 nitrogen and oxygen atoms in total. The van der Waals surface area contributed by atoms with Crippen LogP contribution in [0.25, 0.3) is 0 Å². The zero-order chi connectivity index (χ0) is 15.2. The molecular weight excluding hydrogens is 280 g/mol. The van der Waals surface area contributed by atoms with Crippen LogP contribution in [0, 0.1) is 13.8 Å². The molecule has 0 aromatic heterocycles. The lowest BCUT2D eigenvalue weighted by Gasteiger charge is -2.11. The van der Waals surface area contributed by atoms with Gasteiger partial charge in [0.2, 0.25) is 5.91 Å². The van der Waals surface area contributed by atoms with Crippen LogP contribution in [-0.2, 0) is 11.2 Å². The molecule has 0 spiro atoms. The quantitative estimate of drug-likeness (QED) is 0.854. The summed E-state index contributed by atoms with van der Waals surface area (Å²) in [6.07, 6.45) is 0.315. The fraction of sp³-hybridized carbons (Fsp3) is 0.176. The van der Waals surface area contributed by atoms with Crippen molar-refractivity contribution in [2.75, 3.05) is 5.32 Å². The van der Waals surface area contributed by atoms with Gasteiger partial charge in [0, 0.05) is 5.69 Å². The highest BCUT2D eigenvalue weighted by atomic mass is 32.1. The van der Waals surface area contributed by atoms with Crippen LogP contribution in [0.4, 0.5) is 5.69 Å². The zero-order valence-electron chi connectivity index (χ0n) is 12.1. The predicted molar refractivity (Wildman–Crippen MR) is 90.4 cm³/mol. The molecule has 0 saturated heterocycles. The van der Waals surface area contributed by atoms with E-state index in [4.69, 9.17) is 12.2 Å². The van der Waals surface area contributed by atoms with Gasteiger partial charge >= 0.3 is 0 Å². The number of thiocarbonyl (C=S) groups is 1.